The molecule has 3 aromatic carbocycles. The number of sulfonamides is 1. The van der Waals surface area contributed by atoms with E-state index >= 15 is 0 Å². The Morgan fingerprint density at radius 1 is 0.892 bits per heavy atom. The zero-order chi connectivity index (χ0) is 27.0. The number of ether oxygens (including phenoxy) is 4. The molecule has 1 atom stereocenters. The summed E-state index contributed by atoms with van der Waals surface area (Å²) >= 11 is 0. The molecule has 0 aliphatic heterocycles. The predicted octanol–water partition coefficient (Wildman–Crippen LogP) is 3.55. The van der Waals surface area contributed by atoms with Gasteiger partial charge in [0.05, 0.1) is 37.5 Å². The standard InChI is InChI=1S/C26H28N2O8S/c1-17(18-8-6-5-7-9-18)28-37(31,32)20-12-10-19(11-13-20)36-16-25(29)27-22-15-24(34-3)23(33-2)14-21(22)26(30)35-4/h5-15,17,28H,16H2,1-4H3,(H,27,29)/t17-/m0/s1. The fourth-order valence-corrected chi connectivity index (χ4v) is 4.65. The summed E-state index contributed by atoms with van der Waals surface area (Å²) in [5.74, 6) is -0.361. The summed E-state index contributed by atoms with van der Waals surface area (Å²) < 4.78 is 48.8. The molecular weight excluding hydrogens is 500 g/mol. The van der Waals surface area contributed by atoms with Crippen LogP contribution in [0.15, 0.2) is 71.6 Å². The maximum atomic E-state index is 12.7. The molecule has 196 valence electrons. The summed E-state index contributed by atoms with van der Waals surface area (Å²) in [6, 6.07) is 17.3. The van der Waals surface area contributed by atoms with Crippen molar-refractivity contribution in [3.8, 4) is 17.2 Å². The van der Waals surface area contributed by atoms with E-state index in [0.29, 0.717) is 11.5 Å². The number of rotatable bonds is 11. The smallest absolute Gasteiger partial charge is 0.340 e. The van der Waals surface area contributed by atoms with Crippen LogP contribution in [0.25, 0.3) is 0 Å². The Hall–Kier alpha value is -4.09. The van der Waals surface area contributed by atoms with Crippen molar-refractivity contribution in [1.29, 1.82) is 0 Å². The molecule has 0 fully saturated rings. The van der Waals surface area contributed by atoms with E-state index in [1.54, 1.807) is 6.92 Å². The van der Waals surface area contributed by atoms with Crippen LogP contribution in [0.3, 0.4) is 0 Å². The second kappa shape index (κ2) is 12.2. The van der Waals surface area contributed by atoms with Crippen LogP contribution in [0.4, 0.5) is 5.69 Å². The van der Waals surface area contributed by atoms with Gasteiger partial charge in [-0.05, 0) is 36.8 Å². The quantitative estimate of drug-likeness (QED) is 0.362. The average Bonchev–Trinajstić information content (AvgIpc) is 2.91. The molecule has 11 heteroatoms. The molecule has 0 aliphatic rings. The van der Waals surface area contributed by atoms with Gasteiger partial charge in [-0.1, -0.05) is 30.3 Å². The lowest BCUT2D eigenvalue weighted by atomic mass is 10.1. The van der Waals surface area contributed by atoms with E-state index in [2.05, 4.69) is 10.0 Å². The Kier molecular flexibility index (Phi) is 9.10. The Morgan fingerprint density at radius 3 is 2.11 bits per heavy atom. The Bertz CT molecular complexity index is 1340. The fraction of sp³-hybridized carbons (Fsp3) is 0.231. The number of carbonyl (C=O) groups excluding carboxylic acids is 2. The Labute approximate surface area is 215 Å². The highest BCUT2D eigenvalue weighted by Gasteiger charge is 2.20. The van der Waals surface area contributed by atoms with Gasteiger partial charge in [-0.3, -0.25) is 4.79 Å². The third kappa shape index (κ3) is 6.99. The van der Waals surface area contributed by atoms with Crippen molar-refractivity contribution in [2.75, 3.05) is 33.3 Å². The topological polar surface area (TPSA) is 129 Å². The molecule has 0 unspecified atom stereocenters. The fourth-order valence-electron chi connectivity index (χ4n) is 3.42. The minimum absolute atomic E-state index is 0.0557. The van der Waals surface area contributed by atoms with Gasteiger partial charge in [0.25, 0.3) is 5.91 Å². The van der Waals surface area contributed by atoms with Crippen molar-refractivity contribution in [2.45, 2.75) is 17.9 Å². The Morgan fingerprint density at radius 2 is 1.51 bits per heavy atom. The normalized spacial score (nSPS) is 11.8. The minimum Gasteiger partial charge on any atom is -0.493 e. The molecule has 3 aromatic rings. The lowest BCUT2D eigenvalue weighted by Gasteiger charge is -2.15. The lowest BCUT2D eigenvalue weighted by molar-refractivity contribution is -0.118. The van der Waals surface area contributed by atoms with Crippen LogP contribution in [-0.4, -0.2) is 48.2 Å². The second-order valence-corrected chi connectivity index (χ2v) is 9.52. The van der Waals surface area contributed by atoms with E-state index in [0.717, 1.165) is 5.56 Å². The van der Waals surface area contributed by atoms with Crippen molar-refractivity contribution < 1.29 is 37.0 Å². The maximum Gasteiger partial charge on any atom is 0.340 e. The molecule has 0 aromatic heterocycles. The third-order valence-electron chi connectivity index (χ3n) is 5.34. The van der Waals surface area contributed by atoms with Crippen LogP contribution >= 0.6 is 0 Å². The number of esters is 1. The van der Waals surface area contributed by atoms with Gasteiger partial charge >= 0.3 is 5.97 Å². The highest BCUT2D eigenvalue weighted by molar-refractivity contribution is 7.89. The summed E-state index contributed by atoms with van der Waals surface area (Å²) in [4.78, 5) is 24.7. The molecule has 0 aliphatic carbocycles. The number of hydrogen-bond acceptors (Lipinski definition) is 8. The maximum absolute atomic E-state index is 12.7. The molecule has 10 nitrogen and oxygen atoms in total. The number of nitrogens with one attached hydrogen (secondary N) is 2. The number of anilines is 1. The van der Waals surface area contributed by atoms with Gasteiger partial charge in [0.1, 0.15) is 5.75 Å². The van der Waals surface area contributed by atoms with Gasteiger partial charge in [-0.15, -0.1) is 0 Å². The van der Waals surface area contributed by atoms with Gasteiger partial charge < -0.3 is 24.3 Å². The molecule has 0 heterocycles. The van der Waals surface area contributed by atoms with Gasteiger partial charge in [0.15, 0.2) is 18.1 Å². The molecule has 0 saturated heterocycles. The van der Waals surface area contributed by atoms with E-state index in [1.807, 2.05) is 30.3 Å². The summed E-state index contributed by atoms with van der Waals surface area (Å²) in [6.07, 6.45) is 0. The summed E-state index contributed by atoms with van der Waals surface area (Å²) in [7, 11) is 0.284. The van der Waals surface area contributed by atoms with Crippen molar-refractivity contribution in [2.24, 2.45) is 0 Å². The van der Waals surface area contributed by atoms with Gasteiger partial charge in [0.2, 0.25) is 10.0 Å². The molecule has 0 saturated carbocycles. The van der Waals surface area contributed by atoms with Crippen LogP contribution in [0.1, 0.15) is 28.9 Å². The second-order valence-electron chi connectivity index (χ2n) is 7.81. The number of benzene rings is 3. The molecule has 2 N–H and O–H groups in total. The SMILES string of the molecule is COC(=O)c1cc(OC)c(OC)cc1NC(=O)COc1ccc(S(=O)(=O)N[C@@H](C)c2ccccc2)cc1. The molecule has 3 rings (SSSR count). The summed E-state index contributed by atoms with van der Waals surface area (Å²) in [5.41, 5.74) is 1.06. The highest BCUT2D eigenvalue weighted by Crippen LogP contribution is 2.33. The van der Waals surface area contributed by atoms with Crippen LogP contribution in [0.2, 0.25) is 0 Å². The largest absolute Gasteiger partial charge is 0.493 e. The lowest BCUT2D eigenvalue weighted by Crippen LogP contribution is -2.26. The molecule has 0 spiro atoms. The van der Waals surface area contributed by atoms with E-state index in [1.165, 1.54) is 57.7 Å². The van der Waals surface area contributed by atoms with Crippen LogP contribution < -0.4 is 24.2 Å². The van der Waals surface area contributed by atoms with Crippen LogP contribution in [-0.2, 0) is 19.6 Å². The van der Waals surface area contributed by atoms with E-state index in [-0.39, 0.29) is 21.9 Å². The van der Waals surface area contributed by atoms with Crippen molar-refractivity contribution in [3.63, 3.8) is 0 Å². The first kappa shape index (κ1) is 27.5. The first-order valence-electron chi connectivity index (χ1n) is 11.1. The number of methoxy groups -OCH3 is 3. The van der Waals surface area contributed by atoms with E-state index < -0.39 is 34.5 Å². The average molecular weight is 529 g/mol. The third-order valence-corrected chi connectivity index (χ3v) is 6.90. The van der Waals surface area contributed by atoms with Gasteiger partial charge in [-0.2, -0.15) is 0 Å². The van der Waals surface area contributed by atoms with Gasteiger partial charge in [0, 0.05) is 18.2 Å². The van der Waals surface area contributed by atoms with Crippen molar-refractivity contribution >= 4 is 27.6 Å². The Balaban J connectivity index is 1.65. The number of amides is 1. The number of hydrogen-bond donors (Lipinski definition) is 2. The molecule has 1 amide bonds. The van der Waals surface area contributed by atoms with Gasteiger partial charge in [-0.25, -0.2) is 17.9 Å². The minimum atomic E-state index is -3.78. The zero-order valence-electron chi connectivity index (χ0n) is 20.8. The summed E-state index contributed by atoms with van der Waals surface area (Å²) in [5, 5.41) is 2.59. The highest BCUT2D eigenvalue weighted by atomic mass is 32.2. The summed E-state index contributed by atoms with van der Waals surface area (Å²) in [6.45, 7) is 1.36. The molecule has 0 radical (unpaired) electrons. The number of carbonyl (C=O) groups is 2. The zero-order valence-corrected chi connectivity index (χ0v) is 21.6. The van der Waals surface area contributed by atoms with Crippen LogP contribution in [0.5, 0.6) is 17.2 Å². The monoisotopic (exact) mass is 528 g/mol. The van der Waals surface area contributed by atoms with Crippen LogP contribution in [0, 0.1) is 0 Å². The molecule has 0 bridgehead atoms. The first-order chi connectivity index (χ1) is 17.7. The first-order valence-corrected chi connectivity index (χ1v) is 12.6. The molecular formula is C26H28N2O8S. The van der Waals surface area contributed by atoms with E-state index in [4.69, 9.17) is 18.9 Å². The molecule has 37 heavy (non-hydrogen) atoms. The van der Waals surface area contributed by atoms with E-state index in [9.17, 15) is 18.0 Å². The van der Waals surface area contributed by atoms with Crippen molar-refractivity contribution in [3.05, 3.63) is 77.9 Å². The predicted molar refractivity (Wildman–Crippen MR) is 137 cm³/mol. The van der Waals surface area contributed by atoms with Crippen molar-refractivity contribution in [1.82, 2.24) is 4.72 Å².